The summed E-state index contributed by atoms with van der Waals surface area (Å²) in [5, 5.41) is 14.3. The fourth-order valence-corrected chi connectivity index (χ4v) is 2.82. The second-order valence-corrected chi connectivity index (χ2v) is 5.72. The Morgan fingerprint density at radius 3 is 2.65 bits per heavy atom. The summed E-state index contributed by atoms with van der Waals surface area (Å²) in [6, 6.07) is 0. The highest BCUT2D eigenvalue weighted by atomic mass is 16.6. The van der Waals surface area contributed by atoms with Crippen molar-refractivity contribution in [1.82, 2.24) is 9.97 Å². The van der Waals surface area contributed by atoms with Crippen LogP contribution in [-0.2, 0) is 0 Å². The highest BCUT2D eigenvalue weighted by Crippen LogP contribution is 2.61. The van der Waals surface area contributed by atoms with Crippen molar-refractivity contribution in [3.63, 3.8) is 0 Å². The molecule has 2 saturated carbocycles. The molecule has 0 spiro atoms. The van der Waals surface area contributed by atoms with Gasteiger partial charge in [0.05, 0.1) is 4.92 Å². The predicted molar refractivity (Wildman–Crippen MR) is 74.1 cm³/mol. The van der Waals surface area contributed by atoms with E-state index in [2.05, 4.69) is 20.7 Å². The summed E-state index contributed by atoms with van der Waals surface area (Å²) >= 11 is 0. The summed E-state index contributed by atoms with van der Waals surface area (Å²) in [5.74, 6) is 6.51. The van der Waals surface area contributed by atoms with E-state index in [0.29, 0.717) is 11.1 Å². The molecule has 1 heterocycles. The van der Waals surface area contributed by atoms with Crippen molar-refractivity contribution >= 4 is 17.5 Å². The van der Waals surface area contributed by atoms with Gasteiger partial charge in [0, 0.05) is 6.54 Å². The Morgan fingerprint density at radius 2 is 2.15 bits per heavy atom. The van der Waals surface area contributed by atoms with Crippen LogP contribution in [-0.4, -0.2) is 21.4 Å². The molecule has 0 bridgehead atoms. The summed E-state index contributed by atoms with van der Waals surface area (Å²) < 4.78 is 0. The molecule has 108 valence electrons. The number of hydrogen-bond acceptors (Lipinski definition) is 7. The van der Waals surface area contributed by atoms with Gasteiger partial charge in [0.25, 0.3) is 0 Å². The van der Waals surface area contributed by atoms with Crippen LogP contribution in [0.5, 0.6) is 0 Å². The summed E-state index contributed by atoms with van der Waals surface area (Å²) in [6.07, 6.45) is 4.96. The Hall–Kier alpha value is -1.96. The van der Waals surface area contributed by atoms with E-state index in [1.165, 1.54) is 25.7 Å². The third kappa shape index (κ3) is 2.26. The van der Waals surface area contributed by atoms with Crippen LogP contribution in [0.3, 0.4) is 0 Å². The number of nitrogens with zero attached hydrogens (tertiary/aromatic N) is 3. The second kappa shape index (κ2) is 4.55. The van der Waals surface area contributed by atoms with Gasteiger partial charge in [0.2, 0.25) is 11.8 Å². The van der Waals surface area contributed by atoms with E-state index in [0.717, 1.165) is 12.5 Å². The quantitative estimate of drug-likeness (QED) is 0.410. The number of anilines is 2. The normalized spacial score (nSPS) is 19.5. The fraction of sp³-hybridized carbons (Fsp3) is 0.667. The Labute approximate surface area is 116 Å². The first kappa shape index (κ1) is 13.0. The molecule has 0 atom stereocenters. The largest absolute Gasteiger partial charge is 0.364 e. The van der Waals surface area contributed by atoms with Crippen molar-refractivity contribution in [2.45, 2.75) is 32.6 Å². The third-order valence-electron chi connectivity index (χ3n) is 4.31. The monoisotopic (exact) mass is 278 g/mol. The molecule has 4 N–H and O–H groups in total. The Morgan fingerprint density at radius 1 is 1.45 bits per heavy atom. The van der Waals surface area contributed by atoms with Crippen molar-refractivity contribution in [3.8, 4) is 0 Å². The van der Waals surface area contributed by atoms with E-state index < -0.39 is 4.92 Å². The molecule has 0 radical (unpaired) electrons. The molecule has 0 amide bonds. The van der Waals surface area contributed by atoms with Crippen molar-refractivity contribution in [2.24, 2.45) is 17.2 Å². The van der Waals surface area contributed by atoms with Crippen LogP contribution in [0.15, 0.2) is 0 Å². The third-order valence-corrected chi connectivity index (χ3v) is 4.31. The lowest BCUT2D eigenvalue weighted by Gasteiger charge is -2.16. The van der Waals surface area contributed by atoms with Gasteiger partial charge in [-0.25, -0.2) is 10.8 Å². The van der Waals surface area contributed by atoms with Gasteiger partial charge in [-0.2, -0.15) is 4.98 Å². The number of hydrazine groups is 1. The first-order valence-electron chi connectivity index (χ1n) is 6.79. The van der Waals surface area contributed by atoms with Gasteiger partial charge in [-0.15, -0.1) is 0 Å². The maximum Gasteiger partial charge on any atom is 0.332 e. The van der Waals surface area contributed by atoms with Crippen molar-refractivity contribution in [2.75, 3.05) is 17.3 Å². The van der Waals surface area contributed by atoms with E-state index in [9.17, 15) is 10.1 Å². The summed E-state index contributed by atoms with van der Waals surface area (Å²) in [6.45, 7) is 2.32. The molecule has 2 aliphatic carbocycles. The van der Waals surface area contributed by atoms with E-state index >= 15 is 0 Å². The Bertz CT molecular complexity index is 553. The van der Waals surface area contributed by atoms with Crippen molar-refractivity contribution < 1.29 is 4.92 Å². The summed E-state index contributed by atoms with van der Waals surface area (Å²) in [7, 11) is 0. The maximum absolute atomic E-state index is 11.2. The van der Waals surface area contributed by atoms with Gasteiger partial charge in [0.1, 0.15) is 5.69 Å². The second-order valence-electron chi connectivity index (χ2n) is 5.72. The minimum Gasteiger partial charge on any atom is -0.364 e. The number of nitrogens with one attached hydrogen (secondary N) is 2. The standard InChI is InChI=1S/C12H18N6O2/c1-7-9(18(19)20)10(16-11(15-7)17-13)14-6-12(4-5-12)8-2-3-8/h8H,2-6,13H2,1H3,(H2,14,15,16,17). The van der Waals surface area contributed by atoms with E-state index in [-0.39, 0.29) is 17.5 Å². The van der Waals surface area contributed by atoms with E-state index in [4.69, 9.17) is 5.84 Å². The zero-order valence-electron chi connectivity index (χ0n) is 11.3. The molecule has 0 unspecified atom stereocenters. The van der Waals surface area contributed by atoms with Crippen LogP contribution >= 0.6 is 0 Å². The molecule has 0 saturated heterocycles. The molecular formula is C12H18N6O2. The average molecular weight is 278 g/mol. The number of aromatic nitrogens is 2. The van der Waals surface area contributed by atoms with Crippen LogP contribution in [0.2, 0.25) is 0 Å². The molecule has 1 aromatic rings. The number of hydrogen-bond donors (Lipinski definition) is 3. The SMILES string of the molecule is Cc1nc(NN)nc(NCC2(C3CC3)CC2)c1[N+](=O)[O-]. The molecule has 2 aliphatic rings. The number of aryl methyl sites for hydroxylation is 1. The number of nitro groups is 1. The molecule has 1 aromatic heterocycles. The minimum atomic E-state index is -0.450. The van der Waals surface area contributed by atoms with Crippen LogP contribution in [0, 0.1) is 28.4 Å². The molecule has 8 nitrogen and oxygen atoms in total. The zero-order chi connectivity index (χ0) is 14.3. The van der Waals surface area contributed by atoms with Gasteiger partial charge in [-0.3, -0.25) is 15.5 Å². The van der Waals surface area contributed by atoms with Crippen LogP contribution in [0.1, 0.15) is 31.4 Å². The molecule has 8 heteroatoms. The number of nitrogen functional groups attached to an aromatic ring is 1. The Kier molecular flexibility index (Phi) is 2.97. The molecule has 20 heavy (non-hydrogen) atoms. The molecule has 2 fully saturated rings. The fourth-order valence-electron chi connectivity index (χ4n) is 2.82. The molecule has 0 aliphatic heterocycles. The molecule has 3 rings (SSSR count). The topological polar surface area (TPSA) is 119 Å². The predicted octanol–water partition coefficient (Wildman–Crippen LogP) is 1.58. The van der Waals surface area contributed by atoms with Crippen LogP contribution in [0.4, 0.5) is 17.5 Å². The van der Waals surface area contributed by atoms with Crippen LogP contribution in [0.25, 0.3) is 0 Å². The van der Waals surface area contributed by atoms with Crippen LogP contribution < -0.4 is 16.6 Å². The number of nitrogens with two attached hydrogens (primary N) is 1. The first-order chi connectivity index (χ1) is 9.55. The lowest BCUT2D eigenvalue weighted by Crippen LogP contribution is -2.20. The average Bonchev–Trinajstić information content (AvgIpc) is 3.26. The molecular weight excluding hydrogens is 260 g/mol. The summed E-state index contributed by atoms with van der Waals surface area (Å²) in [5.41, 5.74) is 2.90. The van der Waals surface area contributed by atoms with Crippen molar-refractivity contribution in [3.05, 3.63) is 15.8 Å². The maximum atomic E-state index is 11.2. The van der Waals surface area contributed by atoms with E-state index in [1.54, 1.807) is 6.92 Å². The van der Waals surface area contributed by atoms with E-state index in [1.807, 2.05) is 0 Å². The highest BCUT2D eigenvalue weighted by Gasteiger charge is 2.53. The van der Waals surface area contributed by atoms with Gasteiger partial charge >= 0.3 is 5.69 Å². The summed E-state index contributed by atoms with van der Waals surface area (Å²) in [4.78, 5) is 18.7. The minimum absolute atomic E-state index is 0.0735. The lowest BCUT2D eigenvalue weighted by atomic mass is 10.0. The van der Waals surface area contributed by atoms with Crippen molar-refractivity contribution in [1.29, 1.82) is 0 Å². The van der Waals surface area contributed by atoms with Gasteiger partial charge < -0.3 is 5.32 Å². The molecule has 0 aromatic carbocycles. The van der Waals surface area contributed by atoms with Gasteiger partial charge in [-0.05, 0) is 43.9 Å². The lowest BCUT2D eigenvalue weighted by molar-refractivity contribution is -0.385. The highest BCUT2D eigenvalue weighted by molar-refractivity contribution is 5.60. The smallest absolute Gasteiger partial charge is 0.332 e. The zero-order valence-corrected chi connectivity index (χ0v) is 11.3. The number of rotatable bonds is 6. The Balaban J connectivity index is 1.83. The first-order valence-corrected chi connectivity index (χ1v) is 6.79. The van der Waals surface area contributed by atoms with Gasteiger partial charge in [-0.1, -0.05) is 0 Å². The van der Waals surface area contributed by atoms with Gasteiger partial charge in [0.15, 0.2) is 0 Å².